The van der Waals surface area contributed by atoms with Crippen molar-refractivity contribution < 1.29 is 9.57 Å². The molecule has 3 rings (SSSR count). The van der Waals surface area contributed by atoms with Crippen LogP contribution in [-0.4, -0.2) is 44.5 Å². The molecule has 29 heavy (non-hydrogen) atoms. The third-order valence-corrected chi connectivity index (χ3v) is 6.53. The molecule has 0 aromatic heterocycles. The lowest BCUT2D eigenvalue weighted by molar-refractivity contribution is 0.185. The molecule has 0 unspecified atom stereocenters. The summed E-state index contributed by atoms with van der Waals surface area (Å²) < 4.78 is 6.57. The zero-order valence-corrected chi connectivity index (χ0v) is 19.2. The molecule has 0 aliphatic carbocycles. The molecule has 0 bridgehead atoms. The van der Waals surface area contributed by atoms with Crippen molar-refractivity contribution in [1.82, 2.24) is 4.90 Å². The van der Waals surface area contributed by atoms with E-state index in [9.17, 15) is 0 Å². The van der Waals surface area contributed by atoms with Gasteiger partial charge in [0.2, 0.25) is 0 Å². The summed E-state index contributed by atoms with van der Waals surface area (Å²) in [7, 11) is 3.32. The summed E-state index contributed by atoms with van der Waals surface area (Å²) in [6.45, 7) is 5.44. The first-order chi connectivity index (χ1) is 14.1. The molecule has 1 aliphatic heterocycles. The molecular weight excluding hydrogens is 428 g/mol. The Bertz CT molecular complexity index is 829. The number of methoxy groups -OCH3 is 1. The lowest BCUT2D eigenvalue weighted by Crippen LogP contribution is -2.35. The van der Waals surface area contributed by atoms with E-state index in [1.54, 1.807) is 14.2 Å². The quantitative estimate of drug-likeness (QED) is 0.396. The Morgan fingerprint density at radius 3 is 2.66 bits per heavy atom. The largest absolute Gasteiger partial charge is 0.497 e. The van der Waals surface area contributed by atoms with Crippen LogP contribution in [0.3, 0.4) is 0 Å². The van der Waals surface area contributed by atoms with Gasteiger partial charge < -0.3 is 14.5 Å². The van der Waals surface area contributed by atoms with Crippen LogP contribution in [0.1, 0.15) is 36.5 Å². The van der Waals surface area contributed by atoms with Crippen LogP contribution in [0.4, 0.5) is 0 Å². The molecule has 1 heterocycles. The summed E-state index contributed by atoms with van der Waals surface area (Å²) in [5.74, 6) is 1.68. The van der Waals surface area contributed by atoms with E-state index >= 15 is 0 Å². The molecule has 0 atom stereocenters. The molecule has 0 radical (unpaired) electrons. The molecule has 0 spiro atoms. The Balaban J connectivity index is 1.48. The van der Waals surface area contributed by atoms with Crippen LogP contribution in [0.25, 0.3) is 0 Å². The van der Waals surface area contributed by atoms with Gasteiger partial charge in [-0.25, -0.2) is 0 Å². The zero-order valence-electron chi connectivity index (χ0n) is 17.7. The molecule has 1 fully saturated rings. The highest BCUT2D eigenvalue weighted by Crippen LogP contribution is 2.28. The standard InChI is InChI=1S/C24H31BrN2O2/c1-18(26-29-3)21-6-4-5-19(15-21)9-12-27-13-10-20(11-14-27)16-22-17-23(28-2)7-8-24(22)25/h4-8,15,17,20H,9-14,16H2,1-3H3/b26-18+. The van der Waals surface area contributed by atoms with Crippen molar-refractivity contribution in [3.8, 4) is 5.75 Å². The summed E-state index contributed by atoms with van der Waals surface area (Å²) in [5, 5.41) is 4.04. The fourth-order valence-electron chi connectivity index (χ4n) is 3.99. The Morgan fingerprint density at radius 1 is 1.14 bits per heavy atom. The predicted octanol–water partition coefficient (Wildman–Crippen LogP) is 5.33. The molecule has 0 amide bonds. The number of piperidine rings is 1. The number of nitrogens with zero attached hydrogens (tertiary/aromatic N) is 2. The highest BCUT2D eigenvalue weighted by molar-refractivity contribution is 9.10. The van der Waals surface area contributed by atoms with Crippen molar-refractivity contribution in [2.24, 2.45) is 11.1 Å². The van der Waals surface area contributed by atoms with Gasteiger partial charge in [0.05, 0.1) is 12.8 Å². The minimum atomic E-state index is 0.742. The molecule has 156 valence electrons. The third-order valence-electron chi connectivity index (χ3n) is 5.76. The molecule has 1 aliphatic rings. The topological polar surface area (TPSA) is 34.1 Å². The molecule has 0 saturated carbocycles. The zero-order chi connectivity index (χ0) is 20.6. The number of benzene rings is 2. The van der Waals surface area contributed by atoms with Crippen molar-refractivity contribution in [2.45, 2.75) is 32.6 Å². The Kier molecular flexibility index (Phi) is 8.13. The van der Waals surface area contributed by atoms with Crippen LogP contribution in [0.15, 0.2) is 52.1 Å². The second-order valence-electron chi connectivity index (χ2n) is 7.76. The van der Waals surface area contributed by atoms with E-state index in [-0.39, 0.29) is 0 Å². The first kappa shape index (κ1) is 21.8. The maximum atomic E-state index is 5.38. The second kappa shape index (κ2) is 10.8. The van der Waals surface area contributed by atoms with Gasteiger partial charge >= 0.3 is 0 Å². The highest BCUT2D eigenvalue weighted by atomic mass is 79.9. The third kappa shape index (κ3) is 6.31. The summed E-state index contributed by atoms with van der Waals surface area (Å²) in [6, 6.07) is 14.9. The first-order valence-electron chi connectivity index (χ1n) is 10.3. The van der Waals surface area contributed by atoms with Crippen molar-refractivity contribution in [3.05, 3.63) is 63.6 Å². The number of ether oxygens (including phenoxy) is 1. The van der Waals surface area contributed by atoms with Crippen molar-refractivity contribution in [2.75, 3.05) is 33.9 Å². The van der Waals surface area contributed by atoms with Gasteiger partial charge in [-0.3, -0.25) is 0 Å². The van der Waals surface area contributed by atoms with Crippen LogP contribution in [0.5, 0.6) is 5.75 Å². The molecule has 2 aromatic carbocycles. The normalized spacial score (nSPS) is 16.1. The average molecular weight is 459 g/mol. The monoisotopic (exact) mass is 458 g/mol. The lowest BCUT2D eigenvalue weighted by atomic mass is 9.90. The molecule has 4 nitrogen and oxygen atoms in total. The SMILES string of the molecule is CO/N=C(\C)c1cccc(CCN2CCC(Cc3cc(OC)ccc3Br)CC2)c1. The summed E-state index contributed by atoms with van der Waals surface area (Å²) in [6.07, 6.45) is 4.69. The van der Waals surface area contributed by atoms with E-state index in [4.69, 9.17) is 9.57 Å². The number of hydrogen-bond acceptors (Lipinski definition) is 4. The number of halogens is 1. The molecule has 1 saturated heterocycles. The number of likely N-dealkylation sites (tertiary alicyclic amines) is 1. The van der Waals surface area contributed by atoms with E-state index in [0.29, 0.717) is 0 Å². The minimum absolute atomic E-state index is 0.742. The van der Waals surface area contributed by atoms with Crippen LogP contribution < -0.4 is 4.74 Å². The lowest BCUT2D eigenvalue weighted by Gasteiger charge is -2.32. The maximum Gasteiger partial charge on any atom is 0.119 e. The van der Waals surface area contributed by atoms with Gasteiger partial charge in [0, 0.05) is 11.0 Å². The predicted molar refractivity (Wildman–Crippen MR) is 123 cm³/mol. The van der Waals surface area contributed by atoms with Gasteiger partial charge in [-0.05, 0) is 92.6 Å². The van der Waals surface area contributed by atoms with E-state index in [0.717, 1.165) is 42.3 Å². The van der Waals surface area contributed by atoms with E-state index in [1.807, 2.05) is 13.0 Å². The fraction of sp³-hybridized carbons (Fsp3) is 0.458. The summed E-state index contributed by atoms with van der Waals surface area (Å²) in [4.78, 5) is 7.49. The van der Waals surface area contributed by atoms with Gasteiger partial charge in [0.1, 0.15) is 12.9 Å². The van der Waals surface area contributed by atoms with Crippen LogP contribution in [-0.2, 0) is 17.7 Å². The Labute approximate surface area is 183 Å². The first-order valence-corrected chi connectivity index (χ1v) is 11.1. The van der Waals surface area contributed by atoms with Crippen molar-refractivity contribution in [3.63, 3.8) is 0 Å². The van der Waals surface area contributed by atoms with Gasteiger partial charge in [-0.15, -0.1) is 0 Å². The number of hydrogen-bond donors (Lipinski definition) is 0. The number of rotatable bonds is 8. The summed E-state index contributed by atoms with van der Waals surface area (Å²) in [5.41, 5.74) is 4.76. The minimum Gasteiger partial charge on any atom is -0.497 e. The van der Waals surface area contributed by atoms with Crippen LogP contribution in [0, 0.1) is 5.92 Å². The second-order valence-corrected chi connectivity index (χ2v) is 8.61. The molecule has 2 aromatic rings. The Hall–Kier alpha value is -1.85. The van der Waals surface area contributed by atoms with Crippen LogP contribution >= 0.6 is 15.9 Å². The molecular formula is C24H31BrN2O2. The van der Waals surface area contributed by atoms with E-state index in [2.05, 4.69) is 62.4 Å². The average Bonchev–Trinajstić information content (AvgIpc) is 2.75. The smallest absolute Gasteiger partial charge is 0.119 e. The summed E-state index contributed by atoms with van der Waals surface area (Å²) >= 11 is 3.69. The maximum absolute atomic E-state index is 5.38. The molecule has 0 N–H and O–H groups in total. The van der Waals surface area contributed by atoms with Crippen molar-refractivity contribution in [1.29, 1.82) is 0 Å². The van der Waals surface area contributed by atoms with Gasteiger partial charge in [0.25, 0.3) is 0 Å². The number of oxime groups is 1. The van der Waals surface area contributed by atoms with Gasteiger partial charge in [-0.2, -0.15) is 0 Å². The molecule has 5 heteroatoms. The van der Waals surface area contributed by atoms with E-state index in [1.165, 1.54) is 41.5 Å². The van der Waals surface area contributed by atoms with Crippen LogP contribution in [0.2, 0.25) is 0 Å². The highest BCUT2D eigenvalue weighted by Gasteiger charge is 2.20. The fourth-order valence-corrected chi connectivity index (χ4v) is 4.40. The van der Waals surface area contributed by atoms with Crippen molar-refractivity contribution >= 4 is 21.6 Å². The Morgan fingerprint density at radius 2 is 1.93 bits per heavy atom. The van der Waals surface area contributed by atoms with Gasteiger partial charge in [-0.1, -0.05) is 39.3 Å². The van der Waals surface area contributed by atoms with E-state index < -0.39 is 0 Å². The van der Waals surface area contributed by atoms with Gasteiger partial charge in [0.15, 0.2) is 0 Å².